The lowest BCUT2D eigenvalue weighted by Crippen LogP contribution is -2.31. The summed E-state index contributed by atoms with van der Waals surface area (Å²) in [6.07, 6.45) is 2.51. The number of aliphatic hydroxyl groups excluding tert-OH is 1. The Labute approximate surface area is 483 Å². The van der Waals surface area contributed by atoms with Crippen LogP contribution in [0.4, 0.5) is 24.5 Å². The first-order valence-corrected chi connectivity index (χ1v) is 28.1. The number of benzene rings is 2. The summed E-state index contributed by atoms with van der Waals surface area (Å²) >= 11 is 0. The summed E-state index contributed by atoms with van der Waals surface area (Å²) in [5, 5.41) is 17.0. The zero-order valence-electron chi connectivity index (χ0n) is 48.8. The number of hydrogen-bond donors (Lipinski definition) is 3. The molecule has 3 N–H and O–H groups in total. The van der Waals surface area contributed by atoms with Crippen LogP contribution in [0.15, 0.2) is 96.7 Å². The first-order chi connectivity index (χ1) is 39.8. The first-order valence-electron chi connectivity index (χ1n) is 28.1. The van der Waals surface area contributed by atoms with Crippen molar-refractivity contribution < 1.29 is 80.0 Å². The van der Waals surface area contributed by atoms with Crippen molar-refractivity contribution in [2.75, 3.05) is 183 Å². The van der Waals surface area contributed by atoms with Gasteiger partial charge in [0.25, 0.3) is 5.91 Å². The Morgan fingerprint density at radius 1 is 0.695 bits per heavy atom. The molecule has 2 aromatic carbocycles. The molecule has 0 aliphatic heterocycles. The third-order valence-corrected chi connectivity index (χ3v) is 12.2. The fourth-order valence-corrected chi connectivity index (χ4v) is 7.68. The molecule has 22 heteroatoms. The first kappa shape index (κ1) is 71.1. The number of likely N-dealkylation sites (N-methyl/N-ethyl adjacent to an activating group) is 1. The quantitative estimate of drug-likeness (QED) is 0.0214. The van der Waals surface area contributed by atoms with Crippen LogP contribution in [0, 0.1) is 0 Å². The van der Waals surface area contributed by atoms with E-state index in [0.29, 0.717) is 185 Å². The van der Waals surface area contributed by atoms with Gasteiger partial charge < -0.3 is 72.3 Å². The van der Waals surface area contributed by atoms with Crippen LogP contribution in [-0.2, 0) is 74.4 Å². The van der Waals surface area contributed by atoms with Crippen molar-refractivity contribution in [2.24, 2.45) is 0 Å². The molecule has 0 aliphatic carbocycles. The molecular weight excluding hydrogens is 1070 g/mol. The number of carbonyl (C=O) groups is 2. The minimum atomic E-state index is -4.48. The van der Waals surface area contributed by atoms with Gasteiger partial charge in [-0.05, 0) is 81.1 Å². The van der Waals surface area contributed by atoms with E-state index in [2.05, 4.69) is 27.1 Å². The third-order valence-electron chi connectivity index (χ3n) is 12.2. The standard InChI is InChI=1S/C60H90F3N5O14/c1-7-12-50(59(71)66-55-17-16-53(68(8-2)9-3)46-54(55)56-45-51(18-20-64-56)58(70)65-47-49-14-10-15-52(44-49)60(61,62)63)43-48(4)13-11-22-73-27-30-77-35-36-78-31-28-74-23-19-57(69)67(5)21-24-75-29-32-79-37-38-81-41-42-82-40-39-80-34-33-76-26-25-72-6/h7,10,12,14-18,20,43-46,58,65,70H,1,8-9,11,13,19,21-42,47H2,2-6H3,(H,66,71). The second kappa shape index (κ2) is 44.4. The average molecular weight is 1160 g/mol. The predicted octanol–water partition coefficient (Wildman–Crippen LogP) is 7.83. The number of alkyl halides is 3. The van der Waals surface area contributed by atoms with Crippen LogP contribution in [0.25, 0.3) is 11.3 Å². The van der Waals surface area contributed by atoms with Crippen LogP contribution in [0.5, 0.6) is 0 Å². The van der Waals surface area contributed by atoms with Crippen molar-refractivity contribution in [2.45, 2.75) is 59.0 Å². The van der Waals surface area contributed by atoms with Gasteiger partial charge in [0.05, 0.1) is 156 Å². The molecule has 0 bridgehead atoms. The Balaban J connectivity index is 1.24. The maximum atomic E-state index is 13.9. The molecule has 2 amide bonds. The van der Waals surface area contributed by atoms with Gasteiger partial charge in [-0.2, -0.15) is 13.2 Å². The lowest BCUT2D eigenvalue weighted by molar-refractivity contribution is -0.137. The van der Waals surface area contributed by atoms with Gasteiger partial charge in [0.15, 0.2) is 0 Å². The number of hydrogen-bond acceptors (Lipinski definition) is 17. The molecule has 0 aliphatic rings. The Morgan fingerprint density at radius 3 is 1.77 bits per heavy atom. The van der Waals surface area contributed by atoms with Gasteiger partial charge in [0.1, 0.15) is 6.23 Å². The number of allylic oxidation sites excluding steroid dienone is 3. The molecule has 1 unspecified atom stereocenters. The average Bonchev–Trinajstić information content (AvgIpc) is 3.53. The number of carbonyl (C=O) groups excluding carboxylic acids is 2. The van der Waals surface area contributed by atoms with E-state index < -0.39 is 18.0 Å². The molecule has 82 heavy (non-hydrogen) atoms. The molecular formula is C60H90F3N5O14. The number of nitrogens with one attached hydrogen (secondary N) is 2. The highest BCUT2D eigenvalue weighted by Gasteiger charge is 2.30. The fraction of sp³-hybridized carbons (Fsp3) is 0.583. The van der Waals surface area contributed by atoms with E-state index in [4.69, 9.17) is 52.1 Å². The van der Waals surface area contributed by atoms with Gasteiger partial charge >= 0.3 is 6.18 Å². The number of amides is 2. The molecule has 3 rings (SSSR count). The summed E-state index contributed by atoms with van der Waals surface area (Å²) in [4.78, 5) is 34.7. The number of aromatic nitrogens is 1. The number of halogens is 3. The van der Waals surface area contributed by atoms with E-state index in [-0.39, 0.29) is 24.8 Å². The number of rotatable bonds is 49. The number of aliphatic hydroxyl groups is 1. The molecule has 0 spiro atoms. The zero-order valence-corrected chi connectivity index (χ0v) is 48.8. The van der Waals surface area contributed by atoms with Crippen LogP contribution in [0.1, 0.15) is 63.0 Å². The van der Waals surface area contributed by atoms with E-state index in [1.807, 2.05) is 45.0 Å². The van der Waals surface area contributed by atoms with Crippen LogP contribution in [-0.4, -0.2) is 199 Å². The number of methoxy groups -OCH3 is 1. The highest BCUT2D eigenvalue weighted by atomic mass is 19.4. The van der Waals surface area contributed by atoms with E-state index in [1.165, 1.54) is 12.3 Å². The fourth-order valence-electron chi connectivity index (χ4n) is 7.68. The minimum Gasteiger partial charge on any atom is -0.382 e. The van der Waals surface area contributed by atoms with Crippen molar-refractivity contribution in [3.63, 3.8) is 0 Å². The Bertz CT molecular complexity index is 2270. The molecule has 0 radical (unpaired) electrons. The summed E-state index contributed by atoms with van der Waals surface area (Å²) in [7, 11) is 3.37. The van der Waals surface area contributed by atoms with Crippen molar-refractivity contribution in [1.29, 1.82) is 0 Å². The summed E-state index contributed by atoms with van der Waals surface area (Å²) < 4.78 is 100. The minimum absolute atomic E-state index is 0.0140. The second-order valence-corrected chi connectivity index (χ2v) is 18.4. The zero-order chi connectivity index (χ0) is 59.5. The third kappa shape index (κ3) is 31.5. The highest BCUT2D eigenvalue weighted by molar-refractivity contribution is 6.08. The molecule has 3 aromatic rings. The molecule has 460 valence electrons. The summed E-state index contributed by atoms with van der Waals surface area (Å²) in [5.41, 5.74) is 3.87. The monoisotopic (exact) mass is 1160 g/mol. The summed E-state index contributed by atoms with van der Waals surface area (Å²) in [5.74, 6) is -0.393. The van der Waals surface area contributed by atoms with Gasteiger partial charge in [-0.3, -0.25) is 19.9 Å². The van der Waals surface area contributed by atoms with Crippen LogP contribution < -0.4 is 15.5 Å². The van der Waals surface area contributed by atoms with Gasteiger partial charge in [0, 0.05) is 70.0 Å². The predicted molar refractivity (Wildman–Crippen MR) is 309 cm³/mol. The van der Waals surface area contributed by atoms with Gasteiger partial charge in [-0.1, -0.05) is 48.6 Å². The maximum Gasteiger partial charge on any atom is 0.416 e. The molecule has 1 aromatic heterocycles. The normalized spacial score (nSPS) is 12.5. The van der Waals surface area contributed by atoms with Crippen LogP contribution in [0.2, 0.25) is 0 Å². The van der Waals surface area contributed by atoms with Crippen molar-refractivity contribution in [3.05, 3.63) is 113 Å². The highest BCUT2D eigenvalue weighted by Crippen LogP contribution is 2.33. The van der Waals surface area contributed by atoms with E-state index in [9.17, 15) is 27.9 Å². The molecule has 1 heterocycles. The van der Waals surface area contributed by atoms with Crippen molar-refractivity contribution in [1.82, 2.24) is 15.2 Å². The lowest BCUT2D eigenvalue weighted by Gasteiger charge is -2.23. The SMILES string of the molecule is C=CC=C(C=C(C)CCCOCCOCCOCCOCCC(=O)N(C)CCOCCOCCOCCOCCOCCOCCOC)C(=O)Nc1ccc(N(CC)CC)cc1-c1cc(C(O)NCc2cccc(C(F)(F)F)c2)ccn1. The number of nitrogens with zero attached hydrogens (tertiary/aromatic N) is 3. The molecule has 1 atom stereocenters. The van der Waals surface area contributed by atoms with Crippen molar-refractivity contribution in [3.8, 4) is 11.3 Å². The van der Waals surface area contributed by atoms with Gasteiger partial charge in [0.2, 0.25) is 5.91 Å². The van der Waals surface area contributed by atoms with E-state index >= 15 is 0 Å². The largest absolute Gasteiger partial charge is 0.416 e. The smallest absolute Gasteiger partial charge is 0.382 e. The second-order valence-electron chi connectivity index (χ2n) is 18.4. The van der Waals surface area contributed by atoms with E-state index in [0.717, 1.165) is 42.9 Å². The van der Waals surface area contributed by atoms with Crippen LogP contribution in [0.3, 0.4) is 0 Å². The molecule has 19 nitrogen and oxygen atoms in total. The number of ether oxygens (including phenoxy) is 11. The number of anilines is 2. The molecule has 0 saturated heterocycles. The van der Waals surface area contributed by atoms with Crippen LogP contribution >= 0.6 is 0 Å². The summed E-state index contributed by atoms with van der Waals surface area (Å²) in [6, 6.07) is 13.9. The topological polar surface area (TPSA) is 199 Å². The Morgan fingerprint density at radius 2 is 1.23 bits per heavy atom. The maximum absolute atomic E-state index is 13.9. The van der Waals surface area contributed by atoms with E-state index in [1.54, 1.807) is 49.4 Å². The Kier molecular flexibility index (Phi) is 38.5. The number of pyridine rings is 1. The lowest BCUT2D eigenvalue weighted by atomic mass is 10.0. The van der Waals surface area contributed by atoms with Crippen molar-refractivity contribution >= 4 is 23.2 Å². The van der Waals surface area contributed by atoms with Gasteiger partial charge in [-0.25, -0.2) is 0 Å². The van der Waals surface area contributed by atoms with Gasteiger partial charge in [-0.15, -0.1) is 0 Å². The Hall–Kier alpha value is -5.18. The summed E-state index contributed by atoms with van der Waals surface area (Å²) in [6.45, 7) is 21.3. The molecule has 0 fully saturated rings. The molecule has 0 saturated carbocycles.